The fourth-order valence-electron chi connectivity index (χ4n) is 2.05. The molecule has 2 N–H and O–H groups in total. The molecule has 1 atom stereocenters. The van der Waals surface area contributed by atoms with Gasteiger partial charge in [0, 0.05) is 20.1 Å². The van der Waals surface area contributed by atoms with Gasteiger partial charge in [0.15, 0.2) is 6.10 Å². The third-order valence-electron chi connectivity index (χ3n) is 3.36. The van der Waals surface area contributed by atoms with Crippen molar-refractivity contribution in [1.29, 1.82) is 0 Å². The minimum Gasteiger partial charge on any atom is -0.479 e. The molecule has 122 valence electrons. The summed E-state index contributed by atoms with van der Waals surface area (Å²) in [7, 11) is 1.26. The minimum absolute atomic E-state index is 0.0377. The topological polar surface area (TPSA) is 111 Å². The number of carbonyl (C=O) groups is 2. The lowest BCUT2D eigenvalue weighted by atomic mass is 10.2. The molecule has 0 bridgehead atoms. The molecule has 0 fully saturated rings. The van der Waals surface area contributed by atoms with Gasteiger partial charge in [-0.15, -0.1) is 0 Å². The van der Waals surface area contributed by atoms with Gasteiger partial charge >= 0.3 is 5.97 Å². The van der Waals surface area contributed by atoms with E-state index in [2.05, 4.69) is 10.3 Å². The number of para-hydroxylation sites is 1. The highest BCUT2D eigenvalue weighted by atomic mass is 16.5. The van der Waals surface area contributed by atoms with Crippen molar-refractivity contribution in [2.24, 2.45) is 0 Å². The van der Waals surface area contributed by atoms with Crippen LogP contribution < -0.4 is 10.9 Å². The number of fused-ring (bicyclic) bond motifs is 1. The molecule has 2 rings (SSSR count). The Kier molecular flexibility index (Phi) is 5.42. The Balaban J connectivity index is 1.96. The molecule has 8 heteroatoms. The van der Waals surface area contributed by atoms with Gasteiger partial charge in [-0.25, -0.2) is 9.78 Å². The number of rotatable bonds is 7. The van der Waals surface area contributed by atoms with E-state index in [-0.39, 0.29) is 31.0 Å². The Morgan fingerprint density at radius 2 is 2.13 bits per heavy atom. The van der Waals surface area contributed by atoms with E-state index in [9.17, 15) is 14.4 Å². The summed E-state index contributed by atoms with van der Waals surface area (Å²) >= 11 is 0. The van der Waals surface area contributed by atoms with E-state index in [1.807, 2.05) is 0 Å². The van der Waals surface area contributed by atoms with Crippen LogP contribution in [0.2, 0.25) is 0 Å². The number of aromatic nitrogens is 2. The second-order valence-electron chi connectivity index (χ2n) is 4.88. The largest absolute Gasteiger partial charge is 0.479 e. The number of aliphatic carboxylic acids is 1. The summed E-state index contributed by atoms with van der Waals surface area (Å²) < 4.78 is 6.07. The van der Waals surface area contributed by atoms with E-state index in [0.717, 1.165) is 0 Å². The van der Waals surface area contributed by atoms with Crippen LogP contribution in [0.5, 0.6) is 0 Å². The molecule has 1 amide bonds. The molecule has 1 aromatic heterocycles. The maximum absolute atomic E-state index is 12.2. The standard InChI is InChI=1S/C15H17N3O5/c1-23-12(15(21)22)8-16-13(19)6-7-18-9-17-11-5-3-2-4-10(11)14(18)20/h2-5,9,12H,6-8H2,1H3,(H,16,19)(H,21,22). The average Bonchev–Trinajstić information content (AvgIpc) is 2.54. The first kappa shape index (κ1) is 16.6. The molecule has 0 aliphatic carbocycles. The highest BCUT2D eigenvalue weighted by Gasteiger charge is 2.17. The Bertz CT molecular complexity index is 771. The van der Waals surface area contributed by atoms with Crippen LogP contribution in [0.25, 0.3) is 10.9 Å². The van der Waals surface area contributed by atoms with Crippen molar-refractivity contribution >= 4 is 22.8 Å². The Morgan fingerprint density at radius 3 is 2.83 bits per heavy atom. The lowest BCUT2D eigenvalue weighted by molar-refractivity contribution is -0.148. The van der Waals surface area contributed by atoms with Gasteiger partial charge in [-0.05, 0) is 12.1 Å². The normalized spacial score (nSPS) is 12.0. The Labute approximate surface area is 131 Å². The van der Waals surface area contributed by atoms with Crippen molar-refractivity contribution in [3.05, 3.63) is 40.9 Å². The van der Waals surface area contributed by atoms with Crippen LogP contribution in [0.15, 0.2) is 35.4 Å². The molecule has 0 spiro atoms. The lowest BCUT2D eigenvalue weighted by Crippen LogP contribution is -2.38. The predicted molar refractivity (Wildman–Crippen MR) is 82.1 cm³/mol. The van der Waals surface area contributed by atoms with Gasteiger partial charge in [-0.3, -0.25) is 14.2 Å². The molecule has 0 aliphatic heterocycles. The molecule has 1 unspecified atom stereocenters. The third-order valence-corrected chi connectivity index (χ3v) is 3.36. The number of hydrogen-bond acceptors (Lipinski definition) is 5. The van der Waals surface area contributed by atoms with Gasteiger partial charge in [-0.2, -0.15) is 0 Å². The minimum atomic E-state index is -1.15. The number of benzene rings is 1. The molecule has 0 saturated carbocycles. The first-order valence-electron chi connectivity index (χ1n) is 6.99. The van der Waals surface area contributed by atoms with Gasteiger partial charge in [0.2, 0.25) is 5.91 Å². The summed E-state index contributed by atoms with van der Waals surface area (Å²) in [5.41, 5.74) is 0.381. The van der Waals surface area contributed by atoms with Gasteiger partial charge < -0.3 is 15.2 Å². The van der Waals surface area contributed by atoms with Crippen molar-refractivity contribution in [1.82, 2.24) is 14.9 Å². The summed E-state index contributed by atoms with van der Waals surface area (Å²) in [6.07, 6.45) is 0.340. The van der Waals surface area contributed by atoms with E-state index >= 15 is 0 Å². The SMILES string of the molecule is COC(CNC(=O)CCn1cnc2ccccc2c1=O)C(=O)O. The van der Waals surface area contributed by atoms with Gasteiger partial charge in [-0.1, -0.05) is 12.1 Å². The molecule has 1 heterocycles. The van der Waals surface area contributed by atoms with Gasteiger partial charge in [0.25, 0.3) is 5.56 Å². The van der Waals surface area contributed by atoms with Gasteiger partial charge in [0.1, 0.15) is 0 Å². The summed E-state index contributed by atoms with van der Waals surface area (Å²) in [6, 6.07) is 6.96. The lowest BCUT2D eigenvalue weighted by Gasteiger charge is -2.12. The van der Waals surface area contributed by atoms with Crippen LogP contribution in [0.4, 0.5) is 0 Å². The van der Waals surface area contributed by atoms with Crippen molar-refractivity contribution in [3.8, 4) is 0 Å². The number of methoxy groups -OCH3 is 1. The van der Waals surface area contributed by atoms with Crippen LogP contribution in [0.1, 0.15) is 6.42 Å². The van der Waals surface area contributed by atoms with E-state index in [1.54, 1.807) is 24.3 Å². The number of ether oxygens (including phenoxy) is 1. The highest BCUT2D eigenvalue weighted by molar-refractivity contribution is 5.78. The Morgan fingerprint density at radius 1 is 1.39 bits per heavy atom. The number of hydrogen-bond donors (Lipinski definition) is 2. The molecule has 0 radical (unpaired) electrons. The number of aryl methyl sites for hydroxylation is 1. The van der Waals surface area contributed by atoms with Crippen LogP contribution in [-0.4, -0.2) is 46.3 Å². The number of nitrogens with one attached hydrogen (secondary N) is 1. The summed E-state index contributed by atoms with van der Waals surface area (Å²) in [5, 5.41) is 11.7. The smallest absolute Gasteiger partial charge is 0.334 e. The zero-order valence-electron chi connectivity index (χ0n) is 12.6. The molecule has 1 aromatic carbocycles. The fourth-order valence-corrected chi connectivity index (χ4v) is 2.05. The Hall–Kier alpha value is -2.74. The maximum Gasteiger partial charge on any atom is 0.334 e. The third kappa shape index (κ3) is 4.13. The molecule has 2 aromatic rings. The van der Waals surface area contributed by atoms with Crippen molar-refractivity contribution in [3.63, 3.8) is 0 Å². The quantitative estimate of drug-likeness (QED) is 0.743. The second kappa shape index (κ2) is 7.50. The molecule has 8 nitrogen and oxygen atoms in total. The van der Waals surface area contributed by atoms with Crippen molar-refractivity contribution < 1.29 is 19.4 Å². The number of carboxylic acid groups (broad SMARTS) is 1. The van der Waals surface area contributed by atoms with E-state index in [0.29, 0.717) is 10.9 Å². The highest BCUT2D eigenvalue weighted by Crippen LogP contribution is 2.04. The number of nitrogens with zero attached hydrogens (tertiary/aromatic N) is 2. The summed E-state index contributed by atoms with van der Waals surface area (Å²) in [6.45, 7) is 0.0305. The van der Waals surface area contributed by atoms with Crippen LogP contribution in [-0.2, 0) is 20.9 Å². The maximum atomic E-state index is 12.2. The van der Waals surface area contributed by atoms with Crippen molar-refractivity contribution in [2.75, 3.05) is 13.7 Å². The first-order valence-corrected chi connectivity index (χ1v) is 6.99. The van der Waals surface area contributed by atoms with Crippen LogP contribution in [0.3, 0.4) is 0 Å². The zero-order valence-corrected chi connectivity index (χ0v) is 12.6. The molecule has 23 heavy (non-hydrogen) atoms. The summed E-state index contributed by atoms with van der Waals surface area (Å²) in [4.78, 5) is 38.9. The summed E-state index contributed by atoms with van der Waals surface area (Å²) in [5.74, 6) is -1.52. The molecule has 0 aliphatic rings. The van der Waals surface area contributed by atoms with Crippen LogP contribution in [0, 0.1) is 0 Å². The number of carboxylic acids is 1. The monoisotopic (exact) mass is 319 g/mol. The molecular formula is C15H17N3O5. The van der Waals surface area contributed by atoms with Crippen molar-refractivity contribution in [2.45, 2.75) is 19.1 Å². The fraction of sp³-hybridized carbons (Fsp3) is 0.333. The van der Waals surface area contributed by atoms with E-state index in [1.165, 1.54) is 18.0 Å². The first-order chi connectivity index (χ1) is 11.0. The molecule has 0 saturated heterocycles. The predicted octanol–water partition coefficient (Wildman–Crippen LogP) is 0.00240. The average molecular weight is 319 g/mol. The van der Waals surface area contributed by atoms with Crippen LogP contribution >= 0.6 is 0 Å². The number of amides is 1. The van der Waals surface area contributed by atoms with E-state index < -0.39 is 12.1 Å². The zero-order chi connectivity index (χ0) is 16.8. The van der Waals surface area contributed by atoms with Gasteiger partial charge in [0.05, 0.1) is 23.8 Å². The second-order valence-corrected chi connectivity index (χ2v) is 4.88. The molecular weight excluding hydrogens is 302 g/mol. The number of carbonyl (C=O) groups excluding carboxylic acids is 1. The van der Waals surface area contributed by atoms with E-state index in [4.69, 9.17) is 9.84 Å².